The number of rotatable bonds is 5. The third-order valence-electron chi connectivity index (χ3n) is 4.81. The highest BCUT2D eigenvalue weighted by atomic mass is 16.5. The fraction of sp³-hybridized carbons (Fsp3) is 0.238. The van der Waals surface area contributed by atoms with Crippen LogP contribution in [0.1, 0.15) is 16.1 Å². The molecule has 1 aromatic heterocycles. The molecule has 0 saturated carbocycles. The standard InChI is InChI=1S/C21H23N3O4/c1-14-19(21(26)24(23(14)3)15-10-7-6-8-11-15)22(2)20(25)18-16(27-4)12-9-13-17(18)28-5/h6-13H,1-5H3. The maximum Gasteiger partial charge on any atom is 0.295 e. The normalized spacial score (nSPS) is 10.6. The lowest BCUT2D eigenvalue weighted by atomic mass is 10.1. The molecular formula is C21H23N3O4. The van der Waals surface area contributed by atoms with E-state index in [-0.39, 0.29) is 17.0 Å². The summed E-state index contributed by atoms with van der Waals surface area (Å²) in [6.07, 6.45) is 0. The summed E-state index contributed by atoms with van der Waals surface area (Å²) in [6.45, 7) is 1.80. The molecule has 3 rings (SSSR count). The van der Waals surface area contributed by atoms with Gasteiger partial charge in [0.15, 0.2) is 0 Å². The Hall–Kier alpha value is -3.48. The quantitative estimate of drug-likeness (QED) is 0.682. The van der Waals surface area contributed by atoms with E-state index in [9.17, 15) is 9.59 Å². The van der Waals surface area contributed by atoms with Crippen molar-refractivity contribution >= 4 is 11.6 Å². The molecule has 0 aliphatic rings. The summed E-state index contributed by atoms with van der Waals surface area (Å²) in [7, 11) is 6.34. The van der Waals surface area contributed by atoms with Crippen LogP contribution < -0.4 is 19.9 Å². The fourth-order valence-corrected chi connectivity index (χ4v) is 3.27. The number of hydrogen-bond acceptors (Lipinski definition) is 4. The molecule has 0 aliphatic carbocycles. The highest BCUT2D eigenvalue weighted by Gasteiger charge is 2.28. The van der Waals surface area contributed by atoms with Gasteiger partial charge in [-0.1, -0.05) is 24.3 Å². The number of carbonyl (C=O) groups is 1. The van der Waals surface area contributed by atoms with Gasteiger partial charge in [0, 0.05) is 14.1 Å². The van der Waals surface area contributed by atoms with E-state index >= 15 is 0 Å². The van der Waals surface area contributed by atoms with Gasteiger partial charge in [0.25, 0.3) is 11.5 Å². The van der Waals surface area contributed by atoms with Crippen molar-refractivity contribution in [1.82, 2.24) is 9.36 Å². The third-order valence-corrected chi connectivity index (χ3v) is 4.81. The zero-order valence-electron chi connectivity index (χ0n) is 16.6. The van der Waals surface area contributed by atoms with Gasteiger partial charge in [-0.2, -0.15) is 0 Å². The summed E-state index contributed by atoms with van der Waals surface area (Å²) >= 11 is 0. The fourth-order valence-electron chi connectivity index (χ4n) is 3.27. The monoisotopic (exact) mass is 381 g/mol. The molecule has 0 spiro atoms. The van der Waals surface area contributed by atoms with Gasteiger partial charge in [-0.3, -0.25) is 14.3 Å². The van der Waals surface area contributed by atoms with Gasteiger partial charge < -0.3 is 14.4 Å². The number of carbonyl (C=O) groups excluding carboxylic acids is 1. The highest BCUT2D eigenvalue weighted by molar-refractivity contribution is 6.09. The number of anilines is 1. The molecule has 0 atom stereocenters. The van der Waals surface area contributed by atoms with Crippen LogP contribution in [0.3, 0.4) is 0 Å². The van der Waals surface area contributed by atoms with Crippen molar-refractivity contribution in [3.05, 3.63) is 70.1 Å². The van der Waals surface area contributed by atoms with Gasteiger partial charge in [-0.15, -0.1) is 0 Å². The lowest BCUT2D eigenvalue weighted by Crippen LogP contribution is -2.32. The number of amides is 1. The molecule has 0 aliphatic heterocycles. The van der Waals surface area contributed by atoms with Crippen LogP contribution in [0.5, 0.6) is 11.5 Å². The molecule has 1 amide bonds. The van der Waals surface area contributed by atoms with Crippen molar-refractivity contribution in [2.75, 3.05) is 26.2 Å². The van der Waals surface area contributed by atoms with Gasteiger partial charge >= 0.3 is 0 Å². The minimum Gasteiger partial charge on any atom is -0.496 e. The Kier molecular flexibility index (Phi) is 5.26. The van der Waals surface area contributed by atoms with Crippen LogP contribution in [0.4, 0.5) is 5.69 Å². The zero-order valence-corrected chi connectivity index (χ0v) is 16.6. The second-order valence-electron chi connectivity index (χ2n) is 6.31. The van der Waals surface area contributed by atoms with Crippen LogP contribution in [0, 0.1) is 6.92 Å². The van der Waals surface area contributed by atoms with E-state index in [4.69, 9.17) is 9.47 Å². The molecule has 0 radical (unpaired) electrons. The smallest absolute Gasteiger partial charge is 0.295 e. The van der Waals surface area contributed by atoms with E-state index in [1.807, 2.05) is 30.3 Å². The van der Waals surface area contributed by atoms with E-state index in [2.05, 4.69) is 0 Å². The Morgan fingerprint density at radius 2 is 1.54 bits per heavy atom. The number of nitrogens with zero attached hydrogens (tertiary/aromatic N) is 3. The second-order valence-corrected chi connectivity index (χ2v) is 6.31. The van der Waals surface area contributed by atoms with Gasteiger partial charge in [0.1, 0.15) is 22.7 Å². The first-order valence-electron chi connectivity index (χ1n) is 8.75. The van der Waals surface area contributed by atoms with E-state index < -0.39 is 0 Å². The molecule has 7 nitrogen and oxygen atoms in total. The van der Waals surface area contributed by atoms with E-state index in [0.29, 0.717) is 22.9 Å². The largest absolute Gasteiger partial charge is 0.496 e. The number of aromatic nitrogens is 2. The number of benzene rings is 2. The first-order valence-corrected chi connectivity index (χ1v) is 8.75. The summed E-state index contributed by atoms with van der Waals surface area (Å²) in [6, 6.07) is 14.4. The molecule has 2 aromatic carbocycles. The molecular weight excluding hydrogens is 358 g/mol. The summed E-state index contributed by atoms with van der Waals surface area (Å²) in [5.74, 6) is 0.377. The maximum atomic E-state index is 13.3. The molecule has 3 aromatic rings. The number of ether oxygens (including phenoxy) is 2. The first kappa shape index (κ1) is 19.3. The average molecular weight is 381 g/mol. The molecule has 0 unspecified atom stereocenters. The van der Waals surface area contributed by atoms with Crippen LogP contribution in [0.2, 0.25) is 0 Å². The Labute approximate surface area is 163 Å². The van der Waals surface area contributed by atoms with Gasteiger partial charge in [0.05, 0.1) is 25.6 Å². The first-order chi connectivity index (χ1) is 13.4. The zero-order chi connectivity index (χ0) is 20.4. The van der Waals surface area contributed by atoms with Crippen molar-refractivity contribution in [3.63, 3.8) is 0 Å². The van der Waals surface area contributed by atoms with Crippen LogP contribution in [-0.2, 0) is 7.05 Å². The van der Waals surface area contributed by atoms with Crippen LogP contribution in [0.25, 0.3) is 5.69 Å². The second kappa shape index (κ2) is 7.64. The Morgan fingerprint density at radius 1 is 0.964 bits per heavy atom. The Morgan fingerprint density at radius 3 is 2.07 bits per heavy atom. The molecule has 28 heavy (non-hydrogen) atoms. The summed E-state index contributed by atoms with van der Waals surface area (Å²) in [5.41, 5.74) is 1.67. The molecule has 0 saturated heterocycles. The van der Waals surface area contributed by atoms with E-state index in [1.54, 1.807) is 43.9 Å². The summed E-state index contributed by atoms with van der Waals surface area (Å²) < 4.78 is 13.9. The van der Waals surface area contributed by atoms with Crippen LogP contribution in [0.15, 0.2) is 53.3 Å². The van der Waals surface area contributed by atoms with Gasteiger partial charge in [-0.05, 0) is 31.2 Å². The number of methoxy groups -OCH3 is 2. The Bertz CT molecular complexity index is 1040. The molecule has 146 valence electrons. The van der Waals surface area contributed by atoms with E-state index in [0.717, 1.165) is 5.69 Å². The topological polar surface area (TPSA) is 65.7 Å². The van der Waals surface area contributed by atoms with Crippen molar-refractivity contribution < 1.29 is 14.3 Å². The van der Waals surface area contributed by atoms with Crippen molar-refractivity contribution in [1.29, 1.82) is 0 Å². The maximum absolute atomic E-state index is 13.3. The lowest BCUT2D eigenvalue weighted by molar-refractivity contribution is 0.0986. The molecule has 0 N–H and O–H groups in total. The lowest BCUT2D eigenvalue weighted by Gasteiger charge is -2.19. The SMILES string of the molecule is COc1cccc(OC)c1C(=O)N(C)c1c(C)n(C)n(-c2ccccc2)c1=O. The summed E-state index contributed by atoms with van der Waals surface area (Å²) in [5, 5.41) is 0. The molecule has 7 heteroatoms. The predicted octanol–water partition coefficient (Wildman–Crippen LogP) is 2.78. The predicted molar refractivity (Wildman–Crippen MR) is 108 cm³/mol. The van der Waals surface area contributed by atoms with E-state index in [1.165, 1.54) is 23.8 Å². The summed E-state index contributed by atoms with van der Waals surface area (Å²) in [4.78, 5) is 27.8. The third kappa shape index (κ3) is 3.05. The number of hydrogen-bond donors (Lipinski definition) is 0. The van der Waals surface area contributed by atoms with Crippen molar-refractivity contribution in [3.8, 4) is 17.2 Å². The minimum absolute atomic E-state index is 0.268. The average Bonchev–Trinajstić information content (AvgIpc) is 2.95. The van der Waals surface area contributed by atoms with Gasteiger partial charge in [-0.25, -0.2) is 4.68 Å². The molecule has 1 heterocycles. The van der Waals surface area contributed by atoms with Crippen LogP contribution >= 0.6 is 0 Å². The van der Waals surface area contributed by atoms with Gasteiger partial charge in [0.2, 0.25) is 0 Å². The highest BCUT2D eigenvalue weighted by Crippen LogP contribution is 2.31. The molecule has 0 bridgehead atoms. The van der Waals surface area contributed by atoms with Crippen molar-refractivity contribution in [2.24, 2.45) is 7.05 Å². The number of para-hydroxylation sites is 1. The Balaban J connectivity index is 2.14. The molecule has 0 fully saturated rings. The van der Waals surface area contributed by atoms with Crippen LogP contribution in [-0.4, -0.2) is 36.5 Å². The minimum atomic E-state index is -0.389. The van der Waals surface area contributed by atoms with Crippen molar-refractivity contribution in [2.45, 2.75) is 6.92 Å².